The number of hydrogen-bond donors (Lipinski definition) is 0. The minimum atomic E-state index is -1.06. The van der Waals surface area contributed by atoms with Gasteiger partial charge in [-0.15, -0.1) is 11.8 Å². The minimum Gasteiger partial charge on any atom is -0.488 e. The first kappa shape index (κ1) is 18.9. The van der Waals surface area contributed by atoms with E-state index in [0.29, 0.717) is 12.4 Å². The van der Waals surface area contributed by atoms with Crippen LogP contribution in [0.15, 0.2) is 62.0 Å². The van der Waals surface area contributed by atoms with E-state index >= 15 is 0 Å². The Morgan fingerprint density at radius 1 is 1.14 bits per heavy atom. The largest absolute Gasteiger partial charge is 0.488 e. The third kappa shape index (κ3) is 3.75. The number of furan rings is 2. The van der Waals surface area contributed by atoms with E-state index in [0.717, 1.165) is 42.9 Å². The topological polar surface area (TPSA) is 52.6 Å². The summed E-state index contributed by atoms with van der Waals surface area (Å²) in [6.45, 7) is 2.44. The average molecular weight is 413 g/mol. The second-order valence-corrected chi connectivity index (χ2v) is 8.96. The van der Waals surface area contributed by atoms with E-state index < -0.39 is 10.8 Å². The molecule has 0 amide bonds. The summed E-state index contributed by atoms with van der Waals surface area (Å²) in [4.78, 5) is 0. The molecule has 0 aliphatic heterocycles. The van der Waals surface area contributed by atoms with Crippen molar-refractivity contribution >= 4 is 50.6 Å². The van der Waals surface area contributed by atoms with Gasteiger partial charge in [-0.1, -0.05) is 0 Å². The maximum absolute atomic E-state index is 12.0. The van der Waals surface area contributed by atoms with Crippen molar-refractivity contribution in [3.05, 3.63) is 69.9 Å². The quantitative estimate of drug-likeness (QED) is 0.383. The van der Waals surface area contributed by atoms with E-state index in [9.17, 15) is 4.21 Å². The molecule has 6 heteroatoms. The fourth-order valence-electron chi connectivity index (χ4n) is 3.22. The van der Waals surface area contributed by atoms with E-state index in [1.165, 1.54) is 11.8 Å². The number of benzene rings is 2. The van der Waals surface area contributed by atoms with Crippen LogP contribution in [0, 0.1) is 6.92 Å². The molecule has 144 valence electrons. The van der Waals surface area contributed by atoms with E-state index in [-0.39, 0.29) is 0 Å². The van der Waals surface area contributed by atoms with Gasteiger partial charge in [0.1, 0.15) is 23.5 Å². The molecule has 2 aromatic heterocycles. The van der Waals surface area contributed by atoms with E-state index in [1.54, 1.807) is 18.8 Å². The van der Waals surface area contributed by atoms with Gasteiger partial charge >= 0.3 is 0 Å². The van der Waals surface area contributed by atoms with Gasteiger partial charge in [-0.25, -0.2) is 0 Å². The van der Waals surface area contributed by atoms with Gasteiger partial charge in [0.2, 0.25) is 0 Å². The fraction of sp³-hybridized carbons (Fsp3) is 0.182. The zero-order valence-corrected chi connectivity index (χ0v) is 17.5. The van der Waals surface area contributed by atoms with Crippen molar-refractivity contribution in [2.24, 2.45) is 0 Å². The zero-order valence-electron chi connectivity index (χ0n) is 15.9. The van der Waals surface area contributed by atoms with E-state index in [4.69, 9.17) is 13.6 Å². The molecule has 1 atom stereocenters. The van der Waals surface area contributed by atoms with Crippen LogP contribution in [0.5, 0.6) is 5.75 Å². The van der Waals surface area contributed by atoms with Crippen LogP contribution in [0.2, 0.25) is 0 Å². The normalized spacial score (nSPS) is 13.3. The number of fused-ring (bicyclic) bond motifs is 2. The van der Waals surface area contributed by atoms with E-state index in [1.807, 2.05) is 43.5 Å². The van der Waals surface area contributed by atoms with E-state index in [2.05, 4.69) is 12.1 Å². The third-order valence-electron chi connectivity index (χ3n) is 4.53. The molecular weight excluding hydrogens is 392 g/mol. The third-order valence-corrected chi connectivity index (χ3v) is 6.94. The van der Waals surface area contributed by atoms with Crippen LogP contribution in [-0.2, 0) is 17.4 Å². The summed E-state index contributed by atoms with van der Waals surface area (Å²) < 4.78 is 30.0. The first-order chi connectivity index (χ1) is 13.5. The highest BCUT2D eigenvalue weighted by Gasteiger charge is 2.11. The Hall–Kier alpha value is -2.44. The monoisotopic (exact) mass is 412 g/mol. The first-order valence-corrected chi connectivity index (χ1v) is 11.5. The summed E-state index contributed by atoms with van der Waals surface area (Å²) in [6, 6.07) is 11.9. The Balaban J connectivity index is 1.70. The molecule has 1 unspecified atom stereocenters. The highest BCUT2D eigenvalue weighted by molar-refractivity contribution is 8.16. The summed E-state index contributed by atoms with van der Waals surface area (Å²) in [5, 5.41) is 2.04. The number of hydrogen-bond acceptors (Lipinski definition) is 5. The maximum Gasteiger partial charge on any atom is 0.137 e. The Kier molecular flexibility index (Phi) is 5.33. The van der Waals surface area contributed by atoms with Gasteiger partial charge in [-0.2, -0.15) is 0 Å². The fourth-order valence-corrected chi connectivity index (χ4v) is 4.69. The van der Waals surface area contributed by atoms with Gasteiger partial charge in [-0.05, 0) is 60.7 Å². The maximum atomic E-state index is 12.0. The van der Waals surface area contributed by atoms with Gasteiger partial charge in [0.05, 0.1) is 27.6 Å². The second kappa shape index (κ2) is 7.89. The van der Waals surface area contributed by atoms with Crippen LogP contribution >= 0.6 is 11.8 Å². The zero-order chi connectivity index (χ0) is 19.7. The molecule has 0 aliphatic rings. The molecule has 0 saturated heterocycles. The molecule has 2 heterocycles. The lowest BCUT2D eigenvalue weighted by Gasteiger charge is -2.11. The van der Waals surface area contributed by atoms with Crippen molar-refractivity contribution in [2.75, 3.05) is 12.5 Å². The molecule has 0 aliphatic carbocycles. The number of thioether (sulfide) groups is 1. The predicted octanol–water partition coefficient (Wildman–Crippen LogP) is 6.11. The van der Waals surface area contributed by atoms with Crippen molar-refractivity contribution in [2.45, 2.75) is 13.5 Å². The Morgan fingerprint density at radius 3 is 2.71 bits per heavy atom. The van der Waals surface area contributed by atoms with Gasteiger partial charge in [0.25, 0.3) is 0 Å². The lowest BCUT2D eigenvalue weighted by atomic mass is 10.1. The van der Waals surface area contributed by atoms with Crippen LogP contribution in [0.3, 0.4) is 0 Å². The van der Waals surface area contributed by atoms with Gasteiger partial charge in [-0.3, -0.25) is 4.21 Å². The Labute approximate surface area is 170 Å². The summed E-state index contributed by atoms with van der Waals surface area (Å²) in [5.74, 6) is 0.699. The molecule has 0 spiro atoms. The molecule has 2 aromatic carbocycles. The van der Waals surface area contributed by atoms with Crippen molar-refractivity contribution < 1.29 is 17.8 Å². The molecule has 4 nitrogen and oxygen atoms in total. The summed E-state index contributed by atoms with van der Waals surface area (Å²) >= 11 is 1.48. The Morgan fingerprint density at radius 2 is 1.93 bits per heavy atom. The van der Waals surface area contributed by atoms with Crippen LogP contribution in [0.1, 0.15) is 16.7 Å². The molecule has 4 aromatic rings. The van der Waals surface area contributed by atoms with Crippen molar-refractivity contribution in [1.82, 2.24) is 0 Å². The second-order valence-electron chi connectivity index (χ2n) is 6.51. The SMILES string of the molecule is CS/C(=C\c1cc2ccoc2cc1OCc1cc(C)c2occc2c1)S(C)=O. The summed E-state index contributed by atoms with van der Waals surface area (Å²) in [6.07, 6.45) is 8.89. The smallest absolute Gasteiger partial charge is 0.137 e. The highest BCUT2D eigenvalue weighted by Crippen LogP contribution is 2.32. The van der Waals surface area contributed by atoms with Gasteiger partial charge < -0.3 is 13.6 Å². The Bertz CT molecular complexity index is 1200. The summed E-state index contributed by atoms with van der Waals surface area (Å²) in [5.41, 5.74) is 4.68. The van der Waals surface area contributed by atoms with Crippen LogP contribution < -0.4 is 4.74 Å². The van der Waals surface area contributed by atoms with Gasteiger partial charge in [0, 0.05) is 28.7 Å². The molecule has 4 rings (SSSR count). The number of rotatable bonds is 6. The van der Waals surface area contributed by atoms with Crippen LogP contribution in [0.4, 0.5) is 0 Å². The van der Waals surface area contributed by atoms with Crippen molar-refractivity contribution in [3.63, 3.8) is 0 Å². The minimum absolute atomic E-state index is 0.416. The van der Waals surface area contributed by atoms with Gasteiger partial charge in [0.15, 0.2) is 0 Å². The van der Waals surface area contributed by atoms with Crippen LogP contribution in [-0.4, -0.2) is 16.7 Å². The first-order valence-electron chi connectivity index (χ1n) is 8.75. The average Bonchev–Trinajstić information content (AvgIpc) is 3.32. The predicted molar refractivity (Wildman–Crippen MR) is 117 cm³/mol. The lowest BCUT2D eigenvalue weighted by Crippen LogP contribution is -1.98. The summed E-state index contributed by atoms with van der Waals surface area (Å²) in [7, 11) is -1.06. The standard InChI is InChI=1S/C22H20O4S2/c1-14-8-15(9-17-5-7-25-22(14)17)13-26-20-12-19-16(4-6-24-19)10-18(20)11-21(27-2)28(3)23/h4-12H,13H2,1-3H3/b21-11+. The molecular formula is C22H20O4S2. The van der Waals surface area contributed by atoms with Crippen molar-refractivity contribution in [1.29, 1.82) is 0 Å². The molecule has 0 fully saturated rings. The number of aryl methyl sites for hydroxylation is 1. The molecule has 0 radical (unpaired) electrons. The molecule has 0 N–H and O–H groups in total. The molecule has 0 bridgehead atoms. The number of ether oxygens (including phenoxy) is 1. The highest BCUT2D eigenvalue weighted by atomic mass is 32.2. The molecule has 0 saturated carbocycles. The lowest BCUT2D eigenvalue weighted by molar-refractivity contribution is 0.305. The molecule has 28 heavy (non-hydrogen) atoms. The van der Waals surface area contributed by atoms with Crippen molar-refractivity contribution in [3.8, 4) is 5.75 Å². The van der Waals surface area contributed by atoms with Crippen LogP contribution in [0.25, 0.3) is 28.0 Å².